The highest BCUT2D eigenvalue weighted by Gasteiger charge is 2.25. The van der Waals surface area contributed by atoms with Crippen LogP contribution in [0.2, 0.25) is 0 Å². The van der Waals surface area contributed by atoms with Crippen LogP contribution in [0.25, 0.3) is 0 Å². The molecular formula is C33H43N3O. The fourth-order valence-corrected chi connectivity index (χ4v) is 6.02. The monoisotopic (exact) mass is 497 g/mol. The molecular weight excluding hydrogens is 454 g/mol. The number of piperidine rings is 1. The predicted octanol–water partition coefficient (Wildman–Crippen LogP) is 5.94. The third-order valence-corrected chi connectivity index (χ3v) is 8.29. The van der Waals surface area contributed by atoms with Crippen molar-refractivity contribution in [3.05, 3.63) is 102 Å². The van der Waals surface area contributed by atoms with Crippen LogP contribution < -0.4 is 10.1 Å². The van der Waals surface area contributed by atoms with Crippen LogP contribution >= 0.6 is 0 Å². The molecule has 1 unspecified atom stereocenters. The average Bonchev–Trinajstić information content (AvgIpc) is 3.37. The molecule has 1 N–H and O–H groups in total. The molecule has 2 fully saturated rings. The Morgan fingerprint density at radius 1 is 0.811 bits per heavy atom. The molecule has 0 bridgehead atoms. The summed E-state index contributed by atoms with van der Waals surface area (Å²) >= 11 is 0. The van der Waals surface area contributed by atoms with Crippen molar-refractivity contribution < 1.29 is 4.74 Å². The first-order valence-electron chi connectivity index (χ1n) is 14.2. The zero-order valence-electron chi connectivity index (χ0n) is 22.4. The van der Waals surface area contributed by atoms with Gasteiger partial charge in [0.25, 0.3) is 0 Å². The van der Waals surface area contributed by atoms with Gasteiger partial charge in [-0.15, -0.1) is 0 Å². The standard InChI is InChI=1S/C33H43N3O/c1-35-22-10-16-30(35)18-21-34-25-29-15-8-9-17-33(29)37-31-19-23-36(24-20-31)26-32(27-11-4-2-5-12-27)28-13-6-3-7-14-28/h2-9,11-15,17,30-32,34H,10,16,18-26H2,1H3. The number of para-hydroxylation sites is 1. The molecule has 1 atom stereocenters. The molecule has 0 aromatic heterocycles. The van der Waals surface area contributed by atoms with Gasteiger partial charge in [-0.3, -0.25) is 0 Å². The molecule has 4 heteroatoms. The average molecular weight is 498 g/mol. The number of benzene rings is 3. The second-order valence-electron chi connectivity index (χ2n) is 10.8. The smallest absolute Gasteiger partial charge is 0.124 e. The minimum atomic E-state index is 0.288. The number of hydrogen-bond acceptors (Lipinski definition) is 4. The first-order valence-corrected chi connectivity index (χ1v) is 14.2. The number of hydrogen-bond donors (Lipinski definition) is 1. The molecule has 0 aliphatic carbocycles. The second-order valence-corrected chi connectivity index (χ2v) is 10.8. The third-order valence-electron chi connectivity index (χ3n) is 8.29. The molecule has 4 nitrogen and oxygen atoms in total. The van der Waals surface area contributed by atoms with Gasteiger partial charge in [-0.05, 0) is 69.4 Å². The summed E-state index contributed by atoms with van der Waals surface area (Å²) < 4.78 is 6.58. The van der Waals surface area contributed by atoms with Gasteiger partial charge in [-0.1, -0.05) is 78.9 Å². The predicted molar refractivity (Wildman–Crippen MR) is 153 cm³/mol. The summed E-state index contributed by atoms with van der Waals surface area (Å²) in [5.74, 6) is 1.45. The van der Waals surface area contributed by atoms with Crippen molar-refractivity contribution in [1.29, 1.82) is 0 Å². The summed E-state index contributed by atoms with van der Waals surface area (Å²) in [6.45, 7) is 6.40. The lowest BCUT2D eigenvalue weighted by atomic mass is 9.90. The van der Waals surface area contributed by atoms with Crippen LogP contribution in [0.3, 0.4) is 0 Å². The van der Waals surface area contributed by atoms with Gasteiger partial charge >= 0.3 is 0 Å². The van der Waals surface area contributed by atoms with Crippen molar-refractivity contribution >= 4 is 0 Å². The normalized spacial score (nSPS) is 19.5. The molecule has 0 saturated carbocycles. The first-order chi connectivity index (χ1) is 18.3. The van der Waals surface area contributed by atoms with E-state index in [0.29, 0.717) is 5.92 Å². The van der Waals surface area contributed by atoms with E-state index in [-0.39, 0.29) is 6.10 Å². The van der Waals surface area contributed by atoms with E-state index in [4.69, 9.17) is 4.74 Å². The molecule has 3 aromatic rings. The summed E-state index contributed by atoms with van der Waals surface area (Å²) in [6.07, 6.45) is 6.35. The fraction of sp³-hybridized carbons (Fsp3) is 0.455. The Hall–Kier alpha value is -2.66. The van der Waals surface area contributed by atoms with E-state index in [1.807, 2.05) is 0 Å². The quantitative estimate of drug-likeness (QED) is 0.332. The van der Waals surface area contributed by atoms with Crippen LogP contribution in [-0.2, 0) is 6.54 Å². The highest BCUT2D eigenvalue weighted by molar-refractivity contribution is 5.34. The van der Waals surface area contributed by atoms with Gasteiger partial charge in [0.05, 0.1) is 0 Å². The van der Waals surface area contributed by atoms with Gasteiger partial charge in [0.15, 0.2) is 0 Å². The molecule has 0 spiro atoms. The molecule has 196 valence electrons. The maximum absolute atomic E-state index is 6.58. The van der Waals surface area contributed by atoms with Gasteiger partial charge in [-0.25, -0.2) is 0 Å². The Bertz CT molecular complexity index is 1030. The van der Waals surface area contributed by atoms with E-state index in [1.54, 1.807) is 0 Å². The summed E-state index contributed by atoms with van der Waals surface area (Å²) in [5, 5.41) is 3.67. The Balaban J connectivity index is 1.12. The van der Waals surface area contributed by atoms with Crippen LogP contribution in [-0.4, -0.2) is 61.7 Å². The van der Waals surface area contributed by atoms with Crippen molar-refractivity contribution in [3.63, 3.8) is 0 Å². The maximum atomic E-state index is 6.58. The molecule has 2 aliphatic rings. The highest BCUT2D eigenvalue weighted by Crippen LogP contribution is 2.28. The number of likely N-dealkylation sites (tertiary alicyclic amines) is 2. The Kier molecular flexibility index (Phi) is 9.28. The molecule has 2 aliphatic heterocycles. The second kappa shape index (κ2) is 13.2. The summed E-state index contributed by atoms with van der Waals surface area (Å²) in [6, 6.07) is 31.3. The molecule has 37 heavy (non-hydrogen) atoms. The van der Waals surface area contributed by atoms with Crippen LogP contribution in [0.5, 0.6) is 5.75 Å². The van der Waals surface area contributed by atoms with Crippen molar-refractivity contribution in [2.24, 2.45) is 0 Å². The van der Waals surface area contributed by atoms with Crippen molar-refractivity contribution in [2.45, 2.75) is 56.7 Å². The molecule has 3 aromatic carbocycles. The van der Waals surface area contributed by atoms with E-state index in [0.717, 1.165) is 57.4 Å². The minimum Gasteiger partial charge on any atom is -0.490 e. The summed E-state index contributed by atoms with van der Waals surface area (Å²) in [5.41, 5.74) is 4.07. The van der Waals surface area contributed by atoms with Crippen molar-refractivity contribution in [3.8, 4) is 5.75 Å². The lowest BCUT2D eigenvalue weighted by Gasteiger charge is -2.35. The summed E-state index contributed by atoms with van der Waals surface area (Å²) in [4.78, 5) is 5.13. The largest absolute Gasteiger partial charge is 0.490 e. The Labute approximate surface area is 223 Å². The van der Waals surface area contributed by atoms with Gasteiger partial charge < -0.3 is 19.9 Å². The van der Waals surface area contributed by atoms with Crippen LogP contribution in [0.15, 0.2) is 84.9 Å². The van der Waals surface area contributed by atoms with E-state index in [9.17, 15) is 0 Å². The van der Waals surface area contributed by atoms with E-state index in [1.165, 1.54) is 42.5 Å². The maximum Gasteiger partial charge on any atom is 0.124 e. The number of nitrogens with one attached hydrogen (secondary N) is 1. The van der Waals surface area contributed by atoms with Gasteiger partial charge in [-0.2, -0.15) is 0 Å². The van der Waals surface area contributed by atoms with E-state index < -0.39 is 0 Å². The molecule has 5 rings (SSSR count). The Morgan fingerprint density at radius 3 is 2.11 bits per heavy atom. The highest BCUT2D eigenvalue weighted by atomic mass is 16.5. The Morgan fingerprint density at radius 2 is 1.46 bits per heavy atom. The molecule has 2 saturated heterocycles. The lowest BCUT2D eigenvalue weighted by molar-refractivity contribution is 0.0979. The molecule has 2 heterocycles. The van der Waals surface area contributed by atoms with Gasteiger partial charge in [0.2, 0.25) is 0 Å². The molecule has 0 amide bonds. The fourth-order valence-electron chi connectivity index (χ4n) is 6.02. The topological polar surface area (TPSA) is 27.7 Å². The van der Waals surface area contributed by atoms with Crippen LogP contribution in [0.4, 0.5) is 0 Å². The van der Waals surface area contributed by atoms with Crippen LogP contribution in [0.1, 0.15) is 54.7 Å². The number of ether oxygens (including phenoxy) is 1. The lowest BCUT2D eigenvalue weighted by Crippen LogP contribution is -2.40. The van der Waals surface area contributed by atoms with Crippen molar-refractivity contribution in [1.82, 2.24) is 15.1 Å². The van der Waals surface area contributed by atoms with Gasteiger partial charge in [0, 0.05) is 43.7 Å². The first kappa shape index (κ1) is 26.0. The zero-order chi connectivity index (χ0) is 25.3. The zero-order valence-corrected chi connectivity index (χ0v) is 22.4. The van der Waals surface area contributed by atoms with Gasteiger partial charge in [0.1, 0.15) is 11.9 Å². The number of rotatable bonds is 11. The van der Waals surface area contributed by atoms with E-state index >= 15 is 0 Å². The van der Waals surface area contributed by atoms with E-state index in [2.05, 4.69) is 107 Å². The minimum absolute atomic E-state index is 0.288. The third kappa shape index (κ3) is 7.22. The van der Waals surface area contributed by atoms with Crippen LogP contribution in [0, 0.1) is 0 Å². The molecule has 0 radical (unpaired) electrons. The van der Waals surface area contributed by atoms with Crippen molar-refractivity contribution in [2.75, 3.05) is 39.8 Å². The SMILES string of the molecule is CN1CCCC1CCNCc1ccccc1OC1CCN(CC(c2ccccc2)c2ccccc2)CC1. The summed E-state index contributed by atoms with van der Waals surface area (Å²) in [7, 11) is 2.26. The number of nitrogens with zero attached hydrogens (tertiary/aromatic N) is 2.